The van der Waals surface area contributed by atoms with Crippen LogP contribution >= 0.6 is 27.3 Å². The number of thiophene rings is 1. The summed E-state index contributed by atoms with van der Waals surface area (Å²) in [5, 5.41) is 1.27. The van der Waals surface area contributed by atoms with E-state index in [4.69, 9.17) is 0 Å². The second kappa shape index (κ2) is 9.89. The number of para-hydroxylation sites is 1. The summed E-state index contributed by atoms with van der Waals surface area (Å²) in [7, 11) is 2.10. The van der Waals surface area contributed by atoms with E-state index in [0.29, 0.717) is 0 Å². The predicted molar refractivity (Wildman–Crippen MR) is 155 cm³/mol. The maximum Gasteiger partial charge on any atom is 0.212 e. The molecule has 2 bridgehead atoms. The van der Waals surface area contributed by atoms with Crippen molar-refractivity contribution >= 4 is 61.7 Å². The highest BCUT2D eigenvalue weighted by Crippen LogP contribution is 2.41. The van der Waals surface area contributed by atoms with Gasteiger partial charge in [-0.05, 0) is 76.9 Å². The summed E-state index contributed by atoms with van der Waals surface area (Å²) in [6, 6.07) is 28.9. The number of pyridine rings is 1. The number of aromatic nitrogens is 1. The van der Waals surface area contributed by atoms with E-state index in [2.05, 4.69) is 135 Å². The molecule has 3 nitrogen and oxygen atoms in total. The van der Waals surface area contributed by atoms with Crippen molar-refractivity contribution in [3.63, 3.8) is 0 Å². The zero-order valence-electron chi connectivity index (χ0n) is 20.4. The average molecular weight is 678 g/mol. The molecule has 6 heteroatoms. The minimum absolute atomic E-state index is 0. The number of aryl methyl sites for hydroxylation is 1. The number of hydrogen-bond donors (Lipinski definition) is 0. The average Bonchev–Trinajstić information content (AvgIpc) is 3.37. The highest BCUT2D eigenvalue weighted by atomic mass is 127. The molecule has 0 spiro atoms. The van der Waals surface area contributed by atoms with Crippen LogP contribution in [0.1, 0.15) is 21.6 Å². The lowest BCUT2D eigenvalue weighted by Crippen LogP contribution is -3.00. The molecule has 0 saturated carbocycles. The summed E-state index contributed by atoms with van der Waals surface area (Å²) in [6.45, 7) is 2.86. The van der Waals surface area contributed by atoms with E-state index in [1.807, 2.05) is 11.3 Å². The SMILES string of the molecule is C[n+]1ccc(/C=C/c2ccc(-c3ccc4c(c3)CN3CN4Cc4cc(Br)ccc43)s2)c2ccccc21.[I-]. The molecule has 37 heavy (non-hydrogen) atoms. The number of anilines is 2. The van der Waals surface area contributed by atoms with Crippen molar-refractivity contribution in [2.45, 2.75) is 13.1 Å². The number of fused-ring (bicyclic) bond motifs is 7. The van der Waals surface area contributed by atoms with Gasteiger partial charge in [-0.2, -0.15) is 0 Å². The van der Waals surface area contributed by atoms with E-state index >= 15 is 0 Å². The lowest BCUT2D eigenvalue weighted by Gasteiger charge is -2.45. The lowest BCUT2D eigenvalue weighted by atomic mass is 9.99. The van der Waals surface area contributed by atoms with Gasteiger partial charge in [0, 0.05) is 50.8 Å². The van der Waals surface area contributed by atoms with E-state index in [1.165, 1.54) is 54.3 Å². The second-order valence-corrected chi connectivity index (χ2v) is 11.6. The van der Waals surface area contributed by atoms with Crippen molar-refractivity contribution in [3.05, 3.63) is 111 Å². The Morgan fingerprint density at radius 1 is 0.838 bits per heavy atom. The Bertz CT molecular complexity index is 1670. The van der Waals surface area contributed by atoms with Crippen LogP contribution in [0.15, 0.2) is 89.5 Å². The van der Waals surface area contributed by atoms with E-state index in [9.17, 15) is 0 Å². The first kappa shape index (κ1) is 24.6. The van der Waals surface area contributed by atoms with Gasteiger partial charge in [0.1, 0.15) is 7.05 Å². The molecule has 7 rings (SSSR count). The van der Waals surface area contributed by atoms with E-state index in [-0.39, 0.29) is 24.0 Å². The van der Waals surface area contributed by atoms with Gasteiger partial charge in [0.25, 0.3) is 0 Å². The van der Waals surface area contributed by atoms with Crippen LogP contribution in [0.25, 0.3) is 33.5 Å². The maximum absolute atomic E-state index is 3.64. The van der Waals surface area contributed by atoms with Crippen LogP contribution in [-0.4, -0.2) is 6.67 Å². The Morgan fingerprint density at radius 2 is 1.59 bits per heavy atom. The molecule has 2 aliphatic heterocycles. The summed E-state index contributed by atoms with van der Waals surface area (Å²) < 4.78 is 3.32. The Balaban J connectivity index is 0.00000252. The highest BCUT2D eigenvalue weighted by molar-refractivity contribution is 9.10. The first-order valence-electron chi connectivity index (χ1n) is 12.2. The fourth-order valence-corrected chi connectivity index (χ4v) is 6.82. The summed E-state index contributed by atoms with van der Waals surface area (Å²) in [5.74, 6) is 0. The molecule has 0 aliphatic carbocycles. The summed E-state index contributed by atoms with van der Waals surface area (Å²) >= 11 is 5.49. The molecule has 3 aromatic carbocycles. The van der Waals surface area contributed by atoms with Crippen molar-refractivity contribution in [1.82, 2.24) is 0 Å². The van der Waals surface area contributed by atoms with Crippen LogP contribution < -0.4 is 38.3 Å². The fourth-order valence-electron chi connectivity index (χ4n) is 5.51. The van der Waals surface area contributed by atoms with Crippen molar-refractivity contribution in [1.29, 1.82) is 0 Å². The predicted octanol–water partition coefficient (Wildman–Crippen LogP) is 4.63. The first-order valence-corrected chi connectivity index (χ1v) is 13.8. The van der Waals surface area contributed by atoms with Crippen molar-refractivity contribution in [2.75, 3.05) is 16.5 Å². The molecule has 2 aliphatic rings. The first-order chi connectivity index (χ1) is 17.6. The lowest BCUT2D eigenvalue weighted by molar-refractivity contribution is -0.644. The molecule has 0 radical (unpaired) electrons. The Hall–Kier alpha value is -2.68. The van der Waals surface area contributed by atoms with Crippen LogP contribution in [0.3, 0.4) is 0 Å². The molecular formula is C31H25BrIN3S. The minimum Gasteiger partial charge on any atom is -1.00 e. The van der Waals surface area contributed by atoms with Crippen LogP contribution in [0, 0.1) is 0 Å². The molecule has 0 N–H and O–H groups in total. The van der Waals surface area contributed by atoms with Gasteiger partial charge in [-0.15, -0.1) is 11.3 Å². The van der Waals surface area contributed by atoms with Gasteiger partial charge < -0.3 is 33.8 Å². The smallest absolute Gasteiger partial charge is 0.212 e. The molecule has 0 amide bonds. The maximum atomic E-state index is 3.64. The number of rotatable bonds is 3. The zero-order chi connectivity index (χ0) is 24.2. The van der Waals surface area contributed by atoms with Gasteiger partial charge in [0.15, 0.2) is 6.20 Å². The molecule has 184 valence electrons. The number of halogens is 2. The van der Waals surface area contributed by atoms with Crippen LogP contribution in [-0.2, 0) is 20.1 Å². The van der Waals surface area contributed by atoms with Gasteiger partial charge in [0.2, 0.25) is 5.52 Å². The number of hydrogen-bond acceptors (Lipinski definition) is 3. The van der Waals surface area contributed by atoms with Crippen LogP contribution in [0.2, 0.25) is 0 Å². The Morgan fingerprint density at radius 3 is 2.43 bits per heavy atom. The quantitative estimate of drug-likeness (QED) is 0.204. The third kappa shape index (κ3) is 4.49. The zero-order valence-corrected chi connectivity index (χ0v) is 24.9. The summed E-state index contributed by atoms with van der Waals surface area (Å²) in [5.41, 5.74) is 9.30. The van der Waals surface area contributed by atoms with Gasteiger partial charge in [-0.3, -0.25) is 0 Å². The molecular weight excluding hydrogens is 653 g/mol. The Kier molecular flexibility index (Phi) is 6.59. The second-order valence-electron chi connectivity index (χ2n) is 9.59. The summed E-state index contributed by atoms with van der Waals surface area (Å²) in [6.07, 6.45) is 6.61. The van der Waals surface area contributed by atoms with Gasteiger partial charge >= 0.3 is 0 Å². The molecule has 0 fully saturated rings. The van der Waals surface area contributed by atoms with Crippen molar-refractivity contribution < 1.29 is 28.5 Å². The molecule has 0 unspecified atom stereocenters. The standard InChI is InChI=1S/C31H25BrN3S.HI/c1-33-15-14-21(27-4-2-3-5-30(27)33)6-9-26-10-13-31(36-26)22-7-11-28-23(16-22)18-34-20-35(28)19-24-17-25(32)8-12-29(24)34;/h2-17H,18-20H2,1H3;1H/q+1;/p-1. The fraction of sp³-hybridized carbons (Fsp3) is 0.129. The van der Waals surface area contributed by atoms with Crippen molar-refractivity contribution in [3.8, 4) is 10.4 Å². The van der Waals surface area contributed by atoms with Gasteiger partial charge in [-0.1, -0.05) is 40.2 Å². The highest BCUT2D eigenvalue weighted by Gasteiger charge is 2.29. The molecule has 0 atom stereocenters. The molecule has 4 heterocycles. The number of benzene rings is 3. The van der Waals surface area contributed by atoms with Crippen molar-refractivity contribution in [2.24, 2.45) is 7.05 Å². The third-order valence-electron chi connectivity index (χ3n) is 7.28. The van der Waals surface area contributed by atoms with E-state index in [0.717, 1.165) is 24.2 Å². The molecule has 2 aromatic heterocycles. The van der Waals surface area contributed by atoms with Crippen LogP contribution in [0.5, 0.6) is 0 Å². The monoisotopic (exact) mass is 677 g/mol. The molecule has 5 aromatic rings. The normalized spacial score (nSPS) is 14.0. The van der Waals surface area contributed by atoms with Gasteiger partial charge in [0.05, 0.1) is 12.1 Å². The van der Waals surface area contributed by atoms with Gasteiger partial charge in [-0.25, -0.2) is 4.57 Å². The number of nitrogens with zero attached hydrogens (tertiary/aromatic N) is 3. The molecule has 0 saturated heterocycles. The summed E-state index contributed by atoms with van der Waals surface area (Å²) in [4.78, 5) is 7.56. The van der Waals surface area contributed by atoms with E-state index < -0.39 is 0 Å². The van der Waals surface area contributed by atoms with Crippen LogP contribution in [0.4, 0.5) is 11.4 Å². The third-order valence-corrected chi connectivity index (χ3v) is 8.87. The minimum atomic E-state index is 0. The Labute approximate surface area is 246 Å². The van der Waals surface area contributed by atoms with E-state index in [1.54, 1.807) is 0 Å². The largest absolute Gasteiger partial charge is 1.00 e. The topological polar surface area (TPSA) is 10.4 Å².